The van der Waals surface area contributed by atoms with Crippen molar-refractivity contribution in [2.75, 3.05) is 0 Å². The first kappa shape index (κ1) is 10.8. The fourth-order valence-corrected chi connectivity index (χ4v) is 4.01. The Hall–Kier alpha value is 0.290. The summed E-state index contributed by atoms with van der Waals surface area (Å²) in [5.74, 6) is 0.980. The standard InChI is InChI=1S/C13H23Cl/c1-13(9-8-12(14)10-13)11-6-4-2-3-5-7-11/h11-12H,2-10H2,1H3. The molecule has 2 atom stereocenters. The van der Waals surface area contributed by atoms with Gasteiger partial charge in [0.25, 0.3) is 0 Å². The van der Waals surface area contributed by atoms with Crippen molar-refractivity contribution < 1.29 is 0 Å². The van der Waals surface area contributed by atoms with Gasteiger partial charge in [0.2, 0.25) is 0 Å². The monoisotopic (exact) mass is 214 g/mol. The summed E-state index contributed by atoms with van der Waals surface area (Å²) in [7, 11) is 0. The summed E-state index contributed by atoms with van der Waals surface area (Å²) in [5.41, 5.74) is 0.594. The van der Waals surface area contributed by atoms with Crippen LogP contribution in [0.3, 0.4) is 0 Å². The smallest absolute Gasteiger partial charge is 0.0341 e. The van der Waals surface area contributed by atoms with E-state index in [0.29, 0.717) is 10.8 Å². The van der Waals surface area contributed by atoms with Crippen molar-refractivity contribution in [3.63, 3.8) is 0 Å². The van der Waals surface area contributed by atoms with Crippen LogP contribution in [0, 0.1) is 11.3 Å². The van der Waals surface area contributed by atoms with Crippen molar-refractivity contribution in [3.05, 3.63) is 0 Å². The largest absolute Gasteiger partial charge is 0.123 e. The van der Waals surface area contributed by atoms with E-state index in [2.05, 4.69) is 6.92 Å². The molecule has 82 valence electrons. The third-order valence-electron chi connectivity index (χ3n) is 4.56. The van der Waals surface area contributed by atoms with Crippen molar-refractivity contribution in [2.45, 2.75) is 70.1 Å². The van der Waals surface area contributed by atoms with Crippen molar-refractivity contribution in [2.24, 2.45) is 11.3 Å². The lowest BCUT2D eigenvalue weighted by atomic mass is 9.72. The normalized spacial score (nSPS) is 41.1. The van der Waals surface area contributed by atoms with E-state index in [4.69, 9.17) is 11.6 Å². The van der Waals surface area contributed by atoms with Crippen LogP contribution in [0.5, 0.6) is 0 Å². The van der Waals surface area contributed by atoms with E-state index in [1.54, 1.807) is 0 Å². The molecule has 0 aromatic heterocycles. The third kappa shape index (κ3) is 2.27. The van der Waals surface area contributed by atoms with E-state index < -0.39 is 0 Å². The average molecular weight is 215 g/mol. The second kappa shape index (κ2) is 4.43. The topological polar surface area (TPSA) is 0 Å². The molecule has 2 saturated carbocycles. The van der Waals surface area contributed by atoms with Gasteiger partial charge >= 0.3 is 0 Å². The first-order valence-corrected chi connectivity index (χ1v) is 6.78. The van der Waals surface area contributed by atoms with Gasteiger partial charge < -0.3 is 0 Å². The summed E-state index contributed by atoms with van der Waals surface area (Å²) < 4.78 is 0. The minimum Gasteiger partial charge on any atom is -0.123 e. The Kier molecular flexibility index (Phi) is 3.42. The van der Waals surface area contributed by atoms with Gasteiger partial charge in [-0.2, -0.15) is 0 Å². The van der Waals surface area contributed by atoms with E-state index in [9.17, 15) is 0 Å². The highest BCUT2D eigenvalue weighted by Gasteiger charge is 2.40. The maximum Gasteiger partial charge on any atom is 0.0341 e. The predicted octanol–water partition coefficient (Wildman–Crippen LogP) is 4.75. The molecule has 2 unspecified atom stereocenters. The first-order chi connectivity index (χ1) is 6.71. The van der Waals surface area contributed by atoms with Gasteiger partial charge in [0.15, 0.2) is 0 Å². The second-order valence-corrected chi connectivity index (χ2v) is 6.30. The summed E-state index contributed by atoms with van der Waals surface area (Å²) >= 11 is 6.26. The SMILES string of the molecule is CC1(C2CCCCCC2)CCC(Cl)C1. The summed E-state index contributed by atoms with van der Waals surface area (Å²) in [6.07, 6.45) is 12.7. The first-order valence-electron chi connectivity index (χ1n) is 6.35. The molecule has 0 nitrogen and oxygen atoms in total. The van der Waals surface area contributed by atoms with Crippen LogP contribution in [-0.4, -0.2) is 5.38 Å². The highest BCUT2D eigenvalue weighted by atomic mass is 35.5. The van der Waals surface area contributed by atoms with Gasteiger partial charge in [-0.1, -0.05) is 32.6 Å². The van der Waals surface area contributed by atoms with E-state index in [0.717, 1.165) is 5.92 Å². The Labute approximate surface area is 93.4 Å². The molecule has 0 aromatic carbocycles. The van der Waals surface area contributed by atoms with Crippen molar-refractivity contribution >= 4 is 11.6 Å². The van der Waals surface area contributed by atoms with Crippen LogP contribution in [-0.2, 0) is 0 Å². The molecular weight excluding hydrogens is 192 g/mol. The van der Waals surface area contributed by atoms with Crippen LogP contribution < -0.4 is 0 Å². The lowest BCUT2D eigenvalue weighted by Gasteiger charge is -2.33. The van der Waals surface area contributed by atoms with Gasteiger partial charge in [0.05, 0.1) is 0 Å². The van der Waals surface area contributed by atoms with Crippen molar-refractivity contribution in [1.82, 2.24) is 0 Å². The van der Waals surface area contributed by atoms with Crippen LogP contribution in [0.1, 0.15) is 64.7 Å². The number of rotatable bonds is 1. The quantitative estimate of drug-likeness (QED) is 0.436. The molecule has 14 heavy (non-hydrogen) atoms. The Balaban J connectivity index is 1.97. The number of hydrogen-bond donors (Lipinski definition) is 0. The number of halogens is 1. The molecule has 0 heterocycles. The Bertz CT molecular complexity index is 182. The van der Waals surface area contributed by atoms with E-state index in [-0.39, 0.29) is 0 Å². The van der Waals surface area contributed by atoms with Crippen LogP contribution in [0.4, 0.5) is 0 Å². The average Bonchev–Trinajstić information content (AvgIpc) is 2.45. The van der Waals surface area contributed by atoms with Crippen LogP contribution >= 0.6 is 11.6 Å². The molecule has 2 fully saturated rings. The zero-order valence-corrected chi connectivity index (χ0v) is 10.2. The van der Waals surface area contributed by atoms with Crippen molar-refractivity contribution in [3.8, 4) is 0 Å². The molecule has 0 bridgehead atoms. The number of alkyl halides is 1. The van der Waals surface area contributed by atoms with Gasteiger partial charge in [-0.25, -0.2) is 0 Å². The van der Waals surface area contributed by atoms with Gasteiger partial charge in [0, 0.05) is 5.38 Å². The molecule has 0 N–H and O–H groups in total. The van der Waals surface area contributed by atoms with Crippen molar-refractivity contribution in [1.29, 1.82) is 0 Å². The minimum absolute atomic E-state index is 0.475. The van der Waals surface area contributed by atoms with Crippen LogP contribution in [0.15, 0.2) is 0 Å². The molecule has 0 aliphatic heterocycles. The minimum atomic E-state index is 0.475. The summed E-state index contributed by atoms with van der Waals surface area (Å²) in [4.78, 5) is 0. The number of hydrogen-bond acceptors (Lipinski definition) is 0. The zero-order chi connectivity index (χ0) is 10.0. The Morgan fingerprint density at radius 3 is 2.14 bits per heavy atom. The fraction of sp³-hybridized carbons (Fsp3) is 1.00. The molecule has 2 rings (SSSR count). The van der Waals surface area contributed by atoms with E-state index in [1.165, 1.54) is 57.8 Å². The highest BCUT2D eigenvalue weighted by molar-refractivity contribution is 6.20. The van der Waals surface area contributed by atoms with Gasteiger partial charge in [-0.05, 0) is 43.4 Å². The predicted molar refractivity (Wildman–Crippen MR) is 62.8 cm³/mol. The van der Waals surface area contributed by atoms with E-state index >= 15 is 0 Å². The summed E-state index contributed by atoms with van der Waals surface area (Å²) in [6.45, 7) is 2.49. The maximum absolute atomic E-state index is 6.26. The van der Waals surface area contributed by atoms with Crippen LogP contribution in [0.25, 0.3) is 0 Å². The molecule has 0 saturated heterocycles. The van der Waals surface area contributed by atoms with Gasteiger partial charge in [-0.15, -0.1) is 11.6 Å². The maximum atomic E-state index is 6.26. The Morgan fingerprint density at radius 2 is 1.64 bits per heavy atom. The molecule has 0 radical (unpaired) electrons. The van der Waals surface area contributed by atoms with E-state index in [1.807, 2.05) is 0 Å². The molecule has 0 spiro atoms. The van der Waals surface area contributed by atoms with Gasteiger partial charge in [0.1, 0.15) is 0 Å². The molecule has 0 amide bonds. The second-order valence-electron chi connectivity index (χ2n) is 5.68. The fourth-order valence-electron chi connectivity index (χ4n) is 3.54. The molecule has 2 aliphatic rings. The lowest BCUT2D eigenvalue weighted by molar-refractivity contribution is 0.172. The molecular formula is C13H23Cl. The molecule has 0 aromatic rings. The Morgan fingerprint density at radius 1 is 1.00 bits per heavy atom. The van der Waals surface area contributed by atoms with Gasteiger partial charge in [-0.3, -0.25) is 0 Å². The lowest BCUT2D eigenvalue weighted by Crippen LogP contribution is -2.24. The summed E-state index contributed by atoms with van der Waals surface area (Å²) in [5, 5.41) is 0.475. The summed E-state index contributed by atoms with van der Waals surface area (Å²) in [6, 6.07) is 0. The molecule has 1 heteroatoms. The highest BCUT2D eigenvalue weighted by Crippen LogP contribution is 2.50. The third-order valence-corrected chi connectivity index (χ3v) is 4.93. The van der Waals surface area contributed by atoms with Crippen LogP contribution in [0.2, 0.25) is 0 Å². The molecule has 2 aliphatic carbocycles. The zero-order valence-electron chi connectivity index (χ0n) is 9.40.